The van der Waals surface area contributed by atoms with Gasteiger partial charge in [-0.05, 0) is 87.7 Å². The molecular formula is C31H23BrCl2N2O4. The van der Waals surface area contributed by atoms with Crippen LogP contribution in [0.25, 0.3) is 6.08 Å². The molecule has 0 fully saturated rings. The first-order chi connectivity index (χ1) is 19.4. The predicted molar refractivity (Wildman–Crippen MR) is 161 cm³/mol. The van der Waals surface area contributed by atoms with Crippen molar-refractivity contribution in [2.24, 2.45) is 0 Å². The molecule has 0 spiro atoms. The minimum Gasteiger partial charge on any atom is -0.493 e. The molecule has 0 heterocycles. The maximum absolute atomic E-state index is 12.8. The van der Waals surface area contributed by atoms with Crippen LogP contribution in [0.2, 0.25) is 10.0 Å². The van der Waals surface area contributed by atoms with Gasteiger partial charge in [-0.3, -0.25) is 4.79 Å². The molecule has 9 heteroatoms. The molecule has 0 unspecified atom stereocenters. The summed E-state index contributed by atoms with van der Waals surface area (Å²) in [6, 6.07) is 27.0. The van der Waals surface area contributed by atoms with Crippen LogP contribution in [0.3, 0.4) is 0 Å². The van der Waals surface area contributed by atoms with Crippen LogP contribution in [0.15, 0.2) is 95.0 Å². The van der Waals surface area contributed by atoms with Crippen LogP contribution in [0.5, 0.6) is 17.2 Å². The van der Waals surface area contributed by atoms with Gasteiger partial charge in [0.2, 0.25) is 0 Å². The zero-order chi connectivity index (χ0) is 28.5. The van der Waals surface area contributed by atoms with E-state index in [0.29, 0.717) is 49.6 Å². The van der Waals surface area contributed by atoms with Gasteiger partial charge in [0.25, 0.3) is 5.91 Å². The zero-order valence-electron chi connectivity index (χ0n) is 21.3. The van der Waals surface area contributed by atoms with E-state index in [1.807, 2.05) is 42.5 Å². The molecule has 0 saturated heterocycles. The number of hydrogen-bond donors (Lipinski definition) is 1. The van der Waals surface area contributed by atoms with Crippen LogP contribution in [-0.2, 0) is 18.0 Å². The molecule has 202 valence electrons. The van der Waals surface area contributed by atoms with Crippen LogP contribution in [0.1, 0.15) is 16.7 Å². The summed E-state index contributed by atoms with van der Waals surface area (Å²) in [5.41, 5.74) is 2.78. The zero-order valence-corrected chi connectivity index (χ0v) is 24.4. The average molecular weight is 638 g/mol. The van der Waals surface area contributed by atoms with Gasteiger partial charge < -0.3 is 19.5 Å². The summed E-state index contributed by atoms with van der Waals surface area (Å²) in [4.78, 5) is 12.8. The van der Waals surface area contributed by atoms with E-state index in [2.05, 4.69) is 21.2 Å². The Balaban J connectivity index is 1.42. The SMILES string of the molecule is COc1cc(/C=C(\C#N)C(=O)Nc2ccc(OCc3ccccc3Cl)cc2)cc(Br)c1OCc1cccc(Cl)c1. The van der Waals surface area contributed by atoms with Crippen molar-refractivity contribution in [2.45, 2.75) is 13.2 Å². The topological polar surface area (TPSA) is 80.6 Å². The number of benzene rings is 4. The molecule has 40 heavy (non-hydrogen) atoms. The Hall–Kier alpha value is -3.96. The average Bonchev–Trinajstić information content (AvgIpc) is 2.95. The third-order valence-corrected chi connectivity index (χ3v) is 6.86. The van der Waals surface area contributed by atoms with E-state index in [-0.39, 0.29) is 12.2 Å². The fourth-order valence-corrected chi connectivity index (χ4v) is 4.65. The first-order valence-electron chi connectivity index (χ1n) is 12.0. The monoisotopic (exact) mass is 636 g/mol. The summed E-state index contributed by atoms with van der Waals surface area (Å²) in [6.07, 6.45) is 1.48. The number of halogens is 3. The van der Waals surface area contributed by atoms with E-state index in [1.54, 1.807) is 48.5 Å². The van der Waals surface area contributed by atoms with Gasteiger partial charge in [0.05, 0.1) is 11.6 Å². The number of nitrogens with zero attached hydrogens (tertiary/aromatic N) is 1. The number of carbonyl (C=O) groups is 1. The second-order valence-electron chi connectivity index (χ2n) is 8.48. The maximum atomic E-state index is 12.8. The molecular weight excluding hydrogens is 615 g/mol. The van der Waals surface area contributed by atoms with Crippen molar-refractivity contribution in [3.63, 3.8) is 0 Å². The van der Waals surface area contributed by atoms with E-state index in [0.717, 1.165) is 11.1 Å². The van der Waals surface area contributed by atoms with Gasteiger partial charge in [-0.25, -0.2) is 0 Å². The summed E-state index contributed by atoms with van der Waals surface area (Å²) in [5.74, 6) is 0.986. The Bertz CT molecular complexity index is 1580. The Morgan fingerprint density at radius 2 is 1.75 bits per heavy atom. The molecule has 6 nitrogen and oxygen atoms in total. The number of amides is 1. The number of nitriles is 1. The predicted octanol–water partition coefficient (Wildman–Crippen LogP) is 8.47. The quantitative estimate of drug-likeness (QED) is 0.139. The molecule has 1 amide bonds. The van der Waals surface area contributed by atoms with E-state index < -0.39 is 5.91 Å². The third kappa shape index (κ3) is 7.80. The summed E-state index contributed by atoms with van der Waals surface area (Å²) >= 11 is 15.7. The highest BCUT2D eigenvalue weighted by molar-refractivity contribution is 9.10. The Kier molecular flexibility index (Phi) is 10.1. The van der Waals surface area contributed by atoms with Crippen molar-refractivity contribution in [3.05, 3.63) is 122 Å². The van der Waals surface area contributed by atoms with Crippen molar-refractivity contribution in [3.8, 4) is 23.3 Å². The first-order valence-corrected chi connectivity index (χ1v) is 13.6. The number of rotatable bonds is 10. The minimum absolute atomic E-state index is 0.0828. The van der Waals surface area contributed by atoms with Gasteiger partial charge in [0, 0.05) is 21.3 Å². The highest BCUT2D eigenvalue weighted by Crippen LogP contribution is 2.38. The van der Waals surface area contributed by atoms with Gasteiger partial charge in [0.15, 0.2) is 11.5 Å². The lowest BCUT2D eigenvalue weighted by Crippen LogP contribution is -2.13. The van der Waals surface area contributed by atoms with E-state index in [1.165, 1.54) is 13.2 Å². The number of anilines is 1. The number of methoxy groups -OCH3 is 1. The lowest BCUT2D eigenvalue weighted by Gasteiger charge is -2.14. The van der Waals surface area contributed by atoms with Crippen molar-refractivity contribution < 1.29 is 19.0 Å². The Morgan fingerprint density at radius 1 is 0.975 bits per heavy atom. The van der Waals surface area contributed by atoms with Crippen LogP contribution in [-0.4, -0.2) is 13.0 Å². The molecule has 0 saturated carbocycles. The van der Waals surface area contributed by atoms with Crippen molar-refractivity contribution in [1.29, 1.82) is 5.26 Å². The highest BCUT2D eigenvalue weighted by atomic mass is 79.9. The molecule has 0 radical (unpaired) electrons. The van der Waals surface area contributed by atoms with E-state index in [4.69, 9.17) is 37.4 Å². The number of ether oxygens (including phenoxy) is 3. The largest absolute Gasteiger partial charge is 0.493 e. The molecule has 0 aromatic heterocycles. The third-order valence-electron chi connectivity index (χ3n) is 5.66. The molecule has 0 bridgehead atoms. The van der Waals surface area contributed by atoms with E-state index in [9.17, 15) is 10.1 Å². The van der Waals surface area contributed by atoms with Gasteiger partial charge in [-0.15, -0.1) is 0 Å². The Labute approximate surface area is 250 Å². The normalized spacial score (nSPS) is 10.9. The summed E-state index contributed by atoms with van der Waals surface area (Å²) in [7, 11) is 1.52. The molecule has 0 aliphatic heterocycles. The number of carbonyl (C=O) groups excluding carboxylic acids is 1. The fraction of sp³-hybridized carbons (Fsp3) is 0.0968. The molecule has 1 N–H and O–H groups in total. The second kappa shape index (κ2) is 13.9. The maximum Gasteiger partial charge on any atom is 0.266 e. The second-order valence-corrected chi connectivity index (χ2v) is 10.2. The van der Waals surface area contributed by atoms with Crippen LogP contribution < -0.4 is 19.5 Å². The first kappa shape index (κ1) is 29.0. The molecule has 0 atom stereocenters. The Morgan fingerprint density at radius 3 is 2.45 bits per heavy atom. The fourth-order valence-electron chi connectivity index (χ4n) is 3.67. The molecule has 4 rings (SSSR count). The molecule has 0 aliphatic carbocycles. The van der Waals surface area contributed by atoms with Crippen molar-refractivity contribution >= 4 is 56.8 Å². The standard InChI is InChI=1S/C31H23BrCl2N2O4/c1-38-29-16-21(15-27(32)30(29)40-18-20-5-4-7-24(33)14-20)13-23(17-35)31(37)36-25-9-11-26(12-10-25)39-19-22-6-2-3-8-28(22)34/h2-16H,18-19H2,1H3,(H,36,37)/b23-13+. The number of nitrogens with one attached hydrogen (secondary N) is 1. The lowest BCUT2D eigenvalue weighted by atomic mass is 10.1. The van der Waals surface area contributed by atoms with Gasteiger partial charge in [-0.1, -0.05) is 53.5 Å². The summed E-state index contributed by atoms with van der Waals surface area (Å²) < 4.78 is 17.8. The highest BCUT2D eigenvalue weighted by Gasteiger charge is 2.15. The van der Waals surface area contributed by atoms with E-state index >= 15 is 0 Å². The minimum atomic E-state index is -0.552. The molecule has 4 aromatic rings. The number of hydrogen-bond acceptors (Lipinski definition) is 5. The smallest absolute Gasteiger partial charge is 0.266 e. The molecule has 0 aliphatic rings. The van der Waals surface area contributed by atoms with Crippen molar-refractivity contribution in [2.75, 3.05) is 12.4 Å². The van der Waals surface area contributed by atoms with Crippen LogP contribution in [0, 0.1) is 11.3 Å². The van der Waals surface area contributed by atoms with Crippen molar-refractivity contribution in [1.82, 2.24) is 0 Å². The van der Waals surface area contributed by atoms with Gasteiger partial charge in [-0.2, -0.15) is 5.26 Å². The summed E-state index contributed by atoms with van der Waals surface area (Å²) in [6.45, 7) is 0.594. The molecule has 4 aromatic carbocycles. The van der Waals surface area contributed by atoms with Crippen LogP contribution >= 0.6 is 39.1 Å². The van der Waals surface area contributed by atoms with Crippen LogP contribution in [0.4, 0.5) is 5.69 Å². The lowest BCUT2D eigenvalue weighted by molar-refractivity contribution is -0.112. The van der Waals surface area contributed by atoms with Gasteiger partial charge in [0.1, 0.15) is 30.6 Å². The summed E-state index contributed by atoms with van der Waals surface area (Å²) in [5, 5.41) is 13.7. The van der Waals surface area contributed by atoms with Gasteiger partial charge >= 0.3 is 0 Å².